The average Bonchev–Trinajstić information content (AvgIpc) is 3.61. The molecule has 1 saturated carbocycles. The van der Waals surface area contributed by atoms with E-state index in [0.29, 0.717) is 60.1 Å². The second kappa shape index (κ2) is 10.0. The summed E-state index contributed by atoms with van der Waals surface area (Å²) in [7, 11) is 0. The number of rotatable bonds is 2. The molecule has 2 N–H and O–H groups in total. The molecule has 0 radical (unpaired) electrons. The molecule has 9 heteroatoms. The summed E-state index contributed by atoms with van der Waals surface area (Å²) < 4.78 is 11.6. The SMILES string of the molecule is N#Cc1ccc2c(c1)C(=O)NC(C(=O)NC1(C#N)CC1)Cc1ccc(c(Cl)c1)OCCCCO2. The molecule has 0 aromatic heterocycles. The molecule has 2 bridgehead atoms. The number of carbonyl (C=O) groups is 2. The molecule has 8 nitrogen and oxygen atoms in total. The van der Waals surface area contributed by atoms with E-state index in [0.717, 1.165) is 6.42 Å². The van der Waals surface area contributed by atoms with Gasteiger partial charge in [-0.15, -0.1) is 0 Å². The van der Waals surface area contributed by atoms with Gasteiger partial charge in [-0.3, -0.25) is 9.59 Å². The van der Waals surface area contributed by atoms with Crippen LogP contribution in [0.5, 0.6) is 11.5 Å². The zero-order valence-corrected chi connectivity index (χ0v) is 19.2. The van der Waals surface area contributed by atoms with E-state index >= 15 is 0 Å². The smallest absolute Gasteiger partial charge is 0.255 e. The highest BCUT2D eigenvalue weighted by atomic mass is 35.5. The predicted molar refractivity (Wildman–Crippen MR) is 124 cm³/mol. The van der Waals surface area contributed by atoms with Crippen molar-refractivity contribution in [2.75, 3.05) is 13.2 Å². The molecule has 0 saturated heterocycles. The van der Waals surface area contributed by atoms with Gasteiger partial charge in [0.15, 0.2) is 0 Å². The van der Waals surface area contributed by atoms with E-state index < -0.39 is 23.4 Å². The van der Waals surface area contributed by atoms with Crippen molar-refractivity contribution >= 4 is 23.4 Å². The van der Waals surface area contributed by atoms with Crippen molar-refractivity contribution in [2.24, 2.45) is 0 Å². The van der Waals surface area contributed by atoms with Gasteiger partial charge in [-0.25, -0.2) is 0 Å². The van der Waals surface area contributed by atoms with Gasteiger partial charge in [0.1, 0.15) is 23.1 Å². The number of nitrogens with zero attached hydrogens (tertiary/aromatic N) is 2. The summed E-state index contributed by atoms with van der Waals surface area (Å²) in [6.07, 6.45) is 2.68. The van der Waals surface area contributed by atoms with Gasteiger partial charge >= 0.3 is 0 Å². The maximum Gasteiger partial charge on any atom is 0.255 e. The van der Waals surface area contributed by atoms with Crippen molar-refractivity contribution in [1.29, 1.82) is 10.5 Å². The third-order valence-corrected chi connectivity index (χ3v) is 6.09. The van der Waals surface area contributed by atoms with Gasteiger partial charge in [-0.2, -0.15) is 10.5 Å². The van der Waals surface area contributed by atoms with Crippen LogP contribution < -0.4 is 20.1 Å². The number of nitriles is 2. The van der Waals surface area contributed by atoms with Crippen molar-refractivity contribution < 1.29 is 19.1 Å². The maximum absolute atomic E-state index is 13.3. The lowest BCUT2D eigenvalue weighted by Gasteiger charge is -2.22. The highest BCUT2D eigenvalue weighted by molar-refractivity contribution is 6.32. The fraction of sp³-hybridized carbons (Fsp3) is 0.360. The van der Waals surface area contributed by atoms with E-state index in [9.17, 15) is 20.1 Å². The topological polar surface area (TPSA) is 124 Å². The number of carbonyl (C=O) groups excluding carboxylic acids is 2. The molecular weight excluding hydrogens is 456 g/mol. The van der Waals surface area contributed by atoms with Crippen molar-refractivity contribution in [1.82, 2.24) is 10.6 Å². The molecule has 34 heavy (non-hydrogen) atoms. The first-order chi connectivity index (χ1) is 16.4. The number of amides is 2. The van der Waals surface area contributed by atoms with E-state index in [1.54, 1.807) is 30.3 Å². The monoisotopic (exact) mass is 478 g/mol. The van der Waals surface area contributed by atoms with Crippen LogP contribution >= 0.6 is 11.6 Å². The highest BCUT2D eigenvalue weighted by Gasteiger charge is 2.45. The Kier molecular flexibility index (Phi) is 6.90. The van der Waals surface area contributed by atoms with E-state index in [1.807, 2.05) is 6.07 Å². The zero-order chi connectivity index (χ0) is 24.1. The summed E-state index contributed by atoms with van der Waals surface area (Å²) in [5.41, 5.74) is 0.288. The fourth-order valence-electron chi connectivity index (χ4n) is 3.65. The number of benzene rings is 2. The normalized spacial score (nSPS) is 19.3. The summed E-state index contributed by atoms with van der Waals surface area (Å²) in [5, 5.41) is 24.6. The Hall–Kier alpha value is -3.75. The van der Waals surface area contributed by atoms with Crippen LogP contribution in [0.15, 0.2) is 36.4 Å². The molecule has 5 rings (SSSR count). The lowest BCUT2D eigenvalue weighted by molar-refractivity contribution is -0.123. The van der Waals surface area contributed by atoms with Crippen molar-refractivity contribution in [2.45, 2.75) is 43.7 Å². The first-order valence-corrected chi connectivity index (χ1v) is 11.4. The zero-order valence-electron chi connectivity index (χ0n) is 18.4. The lowest BCUT2D eigenvalue weighted by Crippen LogP contribution is -2.51. The van der Waals surface area contributed by atoms with Crippen LogP contribution in [0, 0.1) is 22.7 Å². The number of halogens is 1. The van der Waals surface area contributed by atoms with Crippen molar-refractivity contribution in [3.05, 3.63) is 58.1 Å². The highest BCUT2D eigenvalue weighted by Crippen LogP contribution is 2.34. The molecule has 2 amide bonds. The van der Waals surface area contributed by atoms with E-state index in [4.69, 9.17) is 21.1 Å². The molecule has 1 unspecified atom stereocenters. The Labute approximate surface area is 202 Å². The Morgan fingerprint density at radius 2 is 1.79 bits per heavy atom. The summed E-state index contributed by atoms with van der Waals surface area (Å²) in [6, 6.07) is 13.0. The summed E-state index contributed by atoms with van der Waals surface area (Å²) >= 11 is 6.38. The molecule has 2 aliphatic heterocycles. The van der Waals surface area contributed by atoms with Gasteiger partial charge in [0.2, 0.25) is 5.91 Å². The van der Waals surface area contributed by atoms with Crippen LogP contribution in [0.3, 0.4) is 0 Å². The minimum Gasteiger partial charge on any atom is -0.493 e. The van der Waals surface area contributed by atoms with E-state index in [2.05, 4.69) is 16.7 Å². The molecule has 2 aromatic carbocycles. The molecular formula is C25H23ClN4O4. The van der Waals surface area contributed by atoms with Gasteiger partial charge in [0, 0.05) is 6.42 Å². The van der Waals surface area contributed by atoms with E-state index in [-0.39, 0.29) is 12.0 Å². The molecule has 2 aromatic rings. The van der Waals surface area contributed by atoms with Crippen LogP contribution in [0.25, 0.3) is 0 Å². The summed E-state index contributed by atoms with van der Waals surface area (Å²) in [6.45, 7) is 0.793. The summed E-state index contributed by atoms with van der Waals surface area (Å²) in [4.78, 5) is 26.4. The Morgan fingerprint density at radius 1 is 1.09 bits per heavy atom. The van der Waals surface area contributed by atoms with Gasteiger partial charge in [-0.05, 0) is 61.6 Å². The van der Waals surface area contributed by atoms with Crippen LogP contribution in [0.1, 0.15) is 47.2 Å². The summed E-state index contributed by atoms with van der Waals surface area (Å²) in [5.74, 6) is -0.152. The third-order valence-electron chi connectivity index (χ3n) is 5.79. The Morgan fingerprint density at radius 3 is 2.44 bits per heavy atom. The van der Waals surface area contributed by atoms with E-state index in [1.165, 1.54) is 6.07 Å². The molecule has 0 spiro atoms. The molecule has 2 heterocycles. The molecule has 174 valence electrons. The second-order valence-electron chi connectivity index (χ2n) is 8.40. The minimum atomic E-state index is -0.979. The number of nitrogens with one attached hydrogen (secondary N) is 2. The molecule has 1 fully saturated rings. The average molecular weight is 479 g/mol. The lowest BCUT2D eigenvalue weighted by atomic mass is 10.0. The largest absolute Gasteiger partial charge is 0.493 e. The molecule has 1 atom stereocenters. The Bertz CT molecular complexity index is 1200. The number of fused-ring (bicyclic) bond motifs is 10. The Balaban J connectivity index is 1.67. The number of hydrogen-bond donors (Lipinski definition) is 2. The molecule has 3 aliphatic rings. The first kappa shape index (κ1) is 23.4. The number of hydrogen-bond acceptors (Lipinski definition) is 6. The van der Waals surface area contributed by atoms with Crippen molar-refractivity contribution in [3.8, 4) is 23.6 Å². The van der Waals surface area contributed by atoms with Crippen LogP contribution in [-0.4, -0.2) is 36.6 Å². The molecule has 1 aliphatic carbocycles. The van der Waals surface area contributed by atoms with Gasteiger partial charge < -0.3 is 20.1 Å². The van der Waals surface area contributed by atoms with Gasteiger partial charge in [0.05, 0.1) is 41.5 Å². The van der Waals surface area contributed by atoms with Crippen molar-refractivity contribution in [3.63, 3.8) is 0 Å². The van der Waals surface area contributed by atoms with Crippen LogP contribution in [0.4, 0.5) is 0 Å². The van der Waals surface area contributed by atoms with Crippen LogP contribution in [0.2, 0.25) is 5.02 Å². The first-order valence-electron chi connectivity index (χ1n) is 11.1. The third kappa shape index (κ3) is 5.41. The van der Waals surface area contributed by atoms with Gasteiger partial charge in [0.25, 0.3) is 5.91 Å². The maximum atomic E-state index is 13.3. The second-order valence-corrected chi connectivity index (χ2v) is 8.81. The predicted octanol–water partition coefficient (Wildman–Crippen LogP) is 3.28. The fourth-order valence-corrected chi connectivity index (χ4v) is 3.91. The van der Waals surface area contributed by atoms with Gasteiger partial charge in [-0.1, -0.05) is 17.7 Å². The van der Waals surface area contributed by atoms with Crippen LogP contribution in [-0.2, 0) is 11.2 Å². The minimum absolute atomic E-state index is 0.146. The number of ether oxygens (including phenoxy) is 2. The quantitative estimate of drug-likeness (QED) is 0.682. The standard InChI is InChI=1S/C25H23ClN4O4/c26-19-12-16-3-6-22(19)34-10-2-1-9-33-21-5-4-17(14-27)11-18(21)23(31)29-20(13-16)24(32)30-25(15-28)7-8-25/h3-6,11-12,20H,1-2,7-10,13H2,(H,29,31)(H,30,32).